The quantitative estimate of drug-likeness (QED) is 0.640. The summed E-state index contributed by atoms with van der Waals surface area (Å²) >= 11 is -1.62. The zero-order chi connectivity index (χ0) is 10.3. The molecule has 0 saturated heterocycles. The third-order valence-electron chi connectivity index (χ3n) is 2.66. The minimum absolute atomic E-state index is 0.367. The first-order chi connectivity index (χ1) is 5.71. The summed E-state index contributed by atoms with van der Waals surface area (Å²) in [5.41, 5.74) is 0.367. The predicted octanol–water partition coefficient (Wildman–Crippen LogP) is 4.62. The second-order valence-electron chi connectivity index (χ2n) is 5.11. The average molecular weight is 361 g/mol. The number of allylic oxidation sites excluding steroid dienone is 4. The van der Waals surface area contributed by atoms with Gasteiger partial charge >= 0.3 is 86.3 Å². The summed E-state index contributed by atoms with van der Waals surface area (Å²) in [6.07, 6.45) is 9.31. The van der Waals surface area contributed by atoms with Crippen LogP contribution in [0.15, 0.2) is 24.3 Å². The Morgan fingerprint density at radius 2 is 1.31 bits per heavy atom. The van der Waals surface area contributed by atoms with Crippen molar-refractivity contribution in [1.82, 2.24) is 0 Å². The zero-order valence-electron chi connectivity index (χ0n) is 9.63. The molecule has 80 valence electrons. The van der Waals surface area contributed by atoms with Crippen molar-refractivity contribution in [1.29, 1.82) is 0 Å². The maximum atomic E-state index is 2.50. The zero-order valence-corrected chi connectivity index (χ0v) is 11.9. The molecule has 13 heavy (non-hydrogen) atoms. The first kappa shape index (κ1) is 11.2. The van der Waals surface area contributed by atoms with Gasteiger partial charge in [0.15, 0.2) is 0 Å². The average Bonchev–Trinajstić information content (AvgIpc) is 2.28. The summed E-state index contributed by atoms with van der Waals surface area (Å²) in [6.45, 7) is 7.09. The van der Waals surface area contributed by atoms with Gasteiger partial charge in [-0.2, -0.15) is 0 Å². The third-order valence-corrected chi connectivity index (χ3v) is 10.8. The fraction of sp³-hybridized carbons (Fsp3) is 0.667. The van der Waals surface area contributed by atoms with E-state index in [9.17, 15) is 0 Å². The Labute approximate surface area is 86.3 Å². The predicted molar refractivity (Wildman–Crippen MR) is 58.0 cm³/mol. The summed E-state index contributed by atoms with van der Waals surface area (Å²) in [6, 6.07) is 0. The number of hydrogen-bond donors (Lipinski definition) is 0. The molecule has 0 unspecified atom stereocenters. The molecule has 0 atom stereocenters. The molecule has 0 aromatic carbocycles. The molecule has 0 nitrogen and oxygen atoms in total. The van der Waals surface area contributed by atoms with Gasteiger partial charge in [0.2, 0.25) is 0 Å². The number of rotatable bonds is 1. The Balaban J connectivity index is 3.19. The molecule has 0 saturated carbocycles. The van der Waals surface area contributed by atoms with Gasteiger partial charge in [-0.25, -0.2) is 0 Å². The van der Waals surface area contributed by atoms with Crippen molar-refractivity contribution in [2.24, 2.45) is 5.41 Å². The van der Waals surface area contributed by atoms with Crippen LogP contribution < -0.4 is 0 Å². The molecule has 0 aliphatic heterocycles. The van der Waals surface area contributed by atoms with E-state index in [0.717, 1.165) is 0 Å². The minimum atomic E-state index is -1.62. The molecule has 0 fully saturated rings. The van der Waals surface area contributed by atoms with Crippen LogP contribution in [0.3, 0.4) is 0 Å². The van der Waals surface area contributed by atoms with Crippen molar-refractivity contribution in [3.63, 3.8) is 0 Å². The van der Waals surface area contributed by atoms with E-state index in [1.807, 2.05) is 0 Å². The van der Waals surface area contributed by atoms with E-state index in [1.54, 1.807) is 0 Å². The fourth-order valence-electron chi connectivity index (χ4n) is 1.96. The van der Waals surface area contributed by atoms with Crippen molar-refractivity contribution in [3.8, 4) is 0 Å². The SMILES string of the molecule is CC(C)(C)[C]1([Pt]([CH3])([CH3])[CH3])C=CC=C1. The first-order valence-corrected chi connectivity index (χ1v) is 12.4. The third kappa shape index (κ3) is 1.70. The Hall–Kier alpha value is 0.168. The Morgan fingerprint density at radius 1 is 0.923 bits per heavy atom. The maximum absolute atomic E-state index is 2.50. The van der Waals surface area contributed by atoms with Gasteiger partial charge in [0, 0.05) is 0 Å². The van der Waals surface area contributed by atoms with Crippen LogP contribution in [-0.4, -0.2) is 0 Å². The summed E-state index contributed by atoms with van der Waals surface area (Å²) in [7, 11) is 0. The summed E-state index contributed by atoms with van der Waals surface area (Å²) in [5, 5.41) is 7.49. The molecule has 0 aromatic rings. The summed E-state index contributed by atoms with van der Waals surface area (Å²) < 4.78 is 0.389. The molecule has 1 rings (SSSR count). The molecule has 0 heterocycles. The monoisotopic (exact) mass is 361 g/mol. The van der Waals surface area contributed by atoms with Gasteiger partial charge in [0.25, 0.3) is 0 Å². The first-order valence-electron chi connectivity index (χ1n) is 4.43. The van der Waals surface area contributed by atoms with Crippen LogP contribution in [0, 0.1) is 5.41 Å². The molecule has 0 radical (unpaired) electrons. The Morgan fingerprint density at radius 3 is 1.46 bits per heavy atom. The van der Waals surface area contributed by atoms with Crippen LogP contribution in [0.2, 0.25) is 19.7 Å². The normalized spacial score (nSPS) is 22.3. The van der Waals surface area contributed by atoms with Crippen LogP contribution in [0.5, 0.6) is 0 Å². The van der Waals surface area contributed by atoms with Gasteiger partial charge in [0.1, 0.15) is 0 Å². The van der Waals surface area contributed by atoms with E-state index in [0.29, 0.717) is 9.22 Å². The van der Waals surface area contributed by atoms with Crippen molar-refractivity contribution in [2.45, 2.75) is 40.5 Å². The second-order valence-corrected chi connectivity index (χ2v) is 17.2. The molecule has 1 heteroatoms. The van der Waals surface area contributed by atoms with Crippen LogP contribution >= 0.6 is 0 Å². The molecule has 1 aliphatic rings. The van der Waals surface area contributed by atoms with Crippen molar-refractivity contribution in [2.75, 3.05) is 0 Å². The van der Waals surface area contributed by atoms with E-state index in [2.05, 4.69) is 61.0 Å². The molecule has 0 N–H and O–H groups in total. The fourth-order valence-corrected chi connectivity index (χ4v) is 9.78. The van der Waals surface area contributed by atoms with Crippen LogP contribution in [0.25, 0.3) is 0 Å². The summed E-state index contributed by atoms with van der Waals surface area (Å²) in [5.74, 6) is 0. The Bertz CT molecular complexity index is 217. The van der Waals surface area contributed by atoms with Gasteiger partial charge in [-0.3, -0.25) is 0 Å². The molecular formula is C12H22Pt. The van der Waals surface area contributed by atoms with Crippen molar-refractivity contribution < 1.29 is 16.1 Å². The molecule has 0 amide bonds. The number of hydrogen-bond acceptors (Lipinski definition) is 0. The van der Waals surface area contributed by atoms with Gasteiger partial charge in [-0.15, -0.1) is 0 Å². The van der Waals surface area contributed by atoms with E-state index in [4.69, 9.17) is 0 Å². The molecule has 1 aliphatic carbocycles. The van der Waals surface area contributed by atoms with E-state index < -0.39 is 16.1 Å². The van der Waals surface area contributed by atoms with Crippen LogP contribution in [0.4, 0.5) is 0 Å². The van der Waals surface area contributed by atoms with Gasteiger partial charge < -0.3 is 0 Å². The molecule has 0 bridgehead atoms. The van der Waals surface area contributed by atoms with Crippen molar-refractivity contribution in [3.05, 3.63) is 24.3 Å². The molecular weight excluding hydrogens is 339 g/mol. The van der Waals surface area contributed by atoms with Gasteiger partial charge in [-0.1, -0.05) is 0 Å². The van der Waals surface area contributed by atoms with E-state index >= 15 is 0 Å². The van der Waals surface area contributed by atoms with E-state index in [-0.39, 0.29) is 0 Å². The summed E-state index contributed by atoms with van der Waals surface area (Å²) in [4.78, 5) is 0. The van der Waals surface area contributed by atoms with Crippen molar-refractivity contribution >= 4 is 0 Å². The van der Waals surface area contributed by atoms with Crippen LogP contribution in [-0.2, 0) is 16.1 Å². The standard InChI is InChI=1S/C9H13.3CH3.Pt/c1-9(2,3)8-6-4-5-7-8;;;;/h4-7H,1-3H3;3*1H3;. The van der Waals surface area contributed by atoms with Crippen LogP contribution in [0.1, 0.15) is 20.8 Å². The van der Waals surface area contributed by atoms with Gasteiger partial charge in [-0.05, 0) is 0 Å². The topological polar surface area (TPSA) is 0 Å². The molecule has 0 aromatic heterocycles. The second kappa shape index (κ2) is 3.09. The van der Waals surface area contributed by atoms with E-state index in [1.165, 1.54) is 0 Å². The molecule has 0 spiro atoms. The Kier molecular flexibility index (Phi) is 2.67. The van der Waals surface area contributed by atoms with Gasteiger partial charge in [0.05, 0.1) is 0 Å².